The zero-order chi connectivity index (χ0) is 37.0. The van der Waals surface area contributed by atoms with Crippen LogP contribution in [0.2, 0.25) is 5.02 Å². The number of aromatic nitrogens is 2. The van der Waals surface area contributed by atoms with Crippen molar-refractivity contribution < 1.29 is 27.2 Å². The molecular weight excluding hydrogens is 710 g/mol. The highest BCUT2D eigenvalue weighted by molar-refractivity contribution is 7.90. The largest absolute Gasteiger partial charge is 0.467 e. The number of fused-ring (bicyclic) bond motifs is 1. The molecule has 264 valence electrons. The minimum absolute atomic E-state index is 0.0748. The molecular formula is C35H30ClN9O6S. The van der Waals surface area contributed by atoms with Crippen LogP contribution in [-0.4, -0.2) is 66.1 Å². The first-order valence-electron chi connectivity index (χ1n) is 15.5. The number of benzene rings is 3. The van der Waals surface area contributed by atoms with Gasteiger partial charge in [0.05, 0.1) is 41.1 Å². The average molecular weight is 740 g/mol. The number of hydrogen-bond acceptors (Lipinski definition) is 11. The topological polar surface area (TPSA) is 192 Å². The fraction of sp³-hybridized carbons (Fsp3) is 0.114. The molecule has 1 aliphatic rings. The van der Waals surface area contributed by atoms with Crippen LogP contribution in [0.15, 0.2) is 117 Å². The number of nitrogens with one attached hydrogen (secondary N) is 3. The van der Waals surface area contributed by atoms with Crippen LogP contribution in [0.25, 0.3) is 0 Å². The molecule has 0 bridgehead atoms. The lowest BCUT2D eigenvalue weighted by Crippen LogP contribution is -2.46. The van der Waals surface area contributed by atoms with Crippen LogP contribution in [0.1, 0.15) is 23.0 Å². The summed E-state index contributed by atoms with van der Waals surface area (Å²) >= 11 is 6.47. The third kappa shape index (κ3) is 7.67. The van der Waals surface area contributed by atoms with Crippen molar-refractivity contribution in [2.45, 2.75) is 18.4 Å². The van der Waals surface area contributed by atoms with Gasteiger partial charge in [-0.1, -0.05) is 29.8 Å². The predicted molar refractivity (Wildman–Crippen MR) is 197 cm³/mol. The van der Waals surface area contributed by atoms with E-state index in [1.165, 1.54) is 25.3 Å². The number of anilines is 4. The molecule has 3 aromatic carbocycles. The van der Waals surface area contributed by atoms with Gasteiger partial charge < -0.3 is 25.3 Å². The standard InChI is InChI=1S/C35H30ClN9O6S/c1-21(46)39-23-11-13-26(36)28(16-23)41-35(48)31(33-43-32-30(18-37-20-38-32)52(49,50)45(33)19-25-10-7-15-51-25)40-27-14-12-24(44(2)3)17-29(27)42-34(47)22-8-5-4-6-9-22/h4-18,20H,19H2,1-3H3,(H,39,46)(H,41,48)(H,42,47). The van der Waals surface area contributed by atoms with Crippen molar-refractivity contribution in [3.05, 3.63) is 114 Å². The van der Waals surface area contributed by atoms with E-state index in [4.69, 9.17) is 21.0 Å². The van der Waals surface area contributed by atoms with Crippen molar-refractivity contribution in [3.8, 4) is 0 Å². The van der Waals surface area contributed by atoms with E-state index in [0.717, 1.165) is 16.8 Å². The van der Waals surface area contributed by atoms with Gasteiger partial charge >= 0.3 is 0 Å². The van der Waals surface area contributed by atoms with Gasteiger partial charge in [-0.15, -0.1) is 0 Å². The van der Waals surface area contributed by atoms with Gasteiger partial charge in [0.25, 0.3) is 21.8 Å². The van der Waals surface area contributed by atoms with Crippen molar-refractivity contribution in [1.29, 1.82) is 0 Å². The lowest BCUT2D eigenvalue weighted by atomic mass is 10.1. The number of rotatable bonds is 10. The lowest BCUT2D eigenvalue weighted by Gasteiger charge is -2.29. The van der Waals surface area contributed by atoms with Gasteiger partial charge in [-0.05, 0) is 60.7 Å². The van der Waals surface area contributed by atoms with Gasteiger partial charge in [0.2, 0.25) is 5.91 Å². The number of carbonyl (C=O) groups is 3. The number of furan rings is 1. The smallest absolute Gasteiger partial charge is 0.278 e. The molecule has 5 aromatic rings. The van der Waals surface area contributed by atoms with E-state index in [-0.39, 0.29) is 51.0 Å². The molecule has 0 unspecified atom stereocenters. The molecule has 1 aliphatic heterocycles. The van der Waals surface area contributed by atoms with Crippen LogP contribution >= 0.6 is 11.6 Å². The second-order valence-electron chi connectivity index (χ2n) is 11.4. The molecule has 0 aliphatic carbocycles. The first kappa shape index (κ1) is 35.4. The van der Waals surface area contributed by atoms with Crippen LogP contribution in [0.3, 0.4) is 0 Å². The number of sulfonamides is 1. The highest BCUT2D eigenvalue weighted by Gasteiger charge is 2.40. The number of amidine groups is 1. The minimum Gasteiger partial charge on any atom is -0.467 e. The normalized spacial score (nSPS) is 13.4. The molecule has 17 heteroatoms. The maximum Gasteiger partial charge on any atom is 0.278 e. The van der Waals surface area contributed by atoms with Crippen molar-refractivity contribution >= 4 is 85.1 Å². The van der Waals surface area contributed by atoms with Gasteiger partial charge in [0.15, 0.2) is 22.3 Å². The van der Waals surface area contributed by atoms with E-state index < -0.39 is 33.4 Å². The molecule has 0 saturated carbocycles. The van der Waals surface area contributed by atoms with Crippen LogP contribution in [0.5, 0.6) is 0 Å². The second-order valence-corrected chi connectivity index (χ2v) is 13.7. The highest BCUT2D eigenvalue weighted by Crippen LogP contribution is 2.35. The number of amides is 3. The number of aliphatic imine (C=N–C) groups is 2. The highest BCUT2D eigenvalue weighted by atomic mass is 35.5. The Bertz CT molecular complexity index is 2350. The Kier molecular flexibility index (Phi) is 10.1. The minimum atomic E-state index is -4.46. The average Bonchev–Trinajstić information content (AvgIpc) is 3.64. The van der Waals surface area contributed by atoms with E-state index in [1.807, 2.05) is 19.0 Å². The Morgan fingerprint density at radius 3 is 2.44 bits per heavy atom. The van der Waals surface area contributed by atoms with Gasteiger partial charge in [0.1, 0.15) is 12.1 Å². The molecule has 3 amide bonds. The first-order chi connectivity index (χ1) is 24.9. The van der Waals surface area contributed by atoms with Crippen LogP contribution in [0, 0.1) is 0 Å². The molecule has 52 heavy (non-hydrogen) atoms. The van der Waals surface area contributed by atoms with Crippen LogP contribution in [-0.2, 0) is 26.2 Å². The van der Waals surface area contributed by atoms with Gasteiger partial charge in [0, 0.05) is 38.0 Å². The van der Waals surface area contributed by atoms with Crippen LogP contribution in [0.4, 0.5) is 34.3 Å². The Morgan fingerprint density at radius 1 is 0.942 bits per heavy atom. The summed E-state index contributed by atoms with van der Waals surface area (Å²) < 4.78 is 34.7. The molecule has 2 aromatic heterocycles. The summed E-state index contributed by atoms with van der Waals surface area (Å²) in [5.41, 5.74) is 1.26. The number of carbonyl (C=O) groups excluding carboxylic acids is 3. The van der Waals surface area contributed by atoms with Gasteiger partial charge in [-0.2, -0.15) is 0 Å². The zero-order valence-electron chi connectivity index (χ0n) is 27.9. The van der Waals surface area contributed by atoms with E-state index in [2.05, 4.69) is 30.9 Å². The first-order valence-corrected chi connectivity index (χ1v) is 17.3. The summed E-state index contributed by atoms with van der Waals surface area (Å²) in [5, 5.41) is 8.28. The second kappa shape index (κ2) is 14.8. The molecule has 3 heterocycles. The quantitative estimate of drug-likeness (QED) is 0.152. The molecule has 3 N–H and O–H groups in total. The third-order valence-corrected chi connectivity index (χ3v) is 9.58. The summed E-state index contributed by atoms with van der Waals surface area (Å²) in [6.45, 7) is 0.939. The molecule has 0 atom stereocenters. The van der Waals surface area contributed by atoms with Crippen molar-refractivity contribution in [2.24, 2.45) is 9.98 Å². The summed E-state index contributed by atoms with van der Waals surface area (Å²) in [6.07, 6.45) is 3.60. The SMILES string of the molecule is CC(=O)Nc1ccc(Cl)c(NC(=O)C(=Nc2ccc(N(C)C)cc2NC(=O)c2ccccc2)C2=Nc3ncncc3S(=O)(=O)N2Cc2ccco2)c1. The molecule has 15 nitrogen and oxygen atoms in total. The Labute approximate surface area is 303 Å². The summed E-state index contributed by atoms with van der Waals surface area (Å²) in [4.78, 5) is 58.3. The fourth-order valence-electron chi connectivity index (χ4n) is 5.03. The number of halogens is 1. The molecule has 0 fully saturated rings. The molecule has 6 rings (SSSR count). The van der Waals surface area contributed by atoms with E-state index in [1.54, 1.807) is 66.7 Å². The Balaban J connectivity index is 1.55. The number of nitrogens with zero attached hydrogens (tertiary/aromatic N) is 6. The molecule has 0 saturated heterocycles. The summed E-state index contributed by atoms with van der Waals surface area (Å²) in [7, 11) is -0.833. The Morgan fingerprint density at radius 2 is 1.73 bits per heavy atom. The third-order valence-electron chi connectivity index (χ3n) is 7.53. The maximum atomic E-state index is 14.5. The van der Waals surface area contributed by atoms with Crippen molar-refractivity contribution in [2.75, 3.05) is 34.9 Å². The number of hydrogen-bond donors (Lipinski definition) is 3. The maximum absolute atomic E-state index is 14.5. The van der Waals surface area contributed by atoms with Gasteiger partial charge in [-0.3, -0.25) is 14.4 Å². The van der Waals surface area contributed by atoms with E-state index >= 15 is 0 Å². The molecule has 0 radical (unpaired) electrons. The van der Waals surface area contributed by atoms with Crippen molar-refractivity contribution in [1.82, 2.24) is 14.3 Å². The van der Waals surface area contributed by atoms with Crippen molar-refractivity contribution in [3.63, 3.8) is 0 Å². The van der Waals surface area contributed by atoms with E-state index in [9.17, 15) is 22.8 Å². The predicted octanol–water partition coefficient (Wildman–Crippen LogP) is 5.65. The summed E-state index contributed by atoms with van der Waals surface area (Å²) in [6, 6.07) is 21.0. The van der Waals surface area contributed by atoms with Crippen LogP contribution < -0.4 is 20.9 Å². The zero-order valence-corrected chi connectivity index (χ0v) is 29.4. The lowest BCUT2D eigenvalue weighted by molar-refractivity contribution is -0.114. The van der Waals surface area contributed by atoms with E-state index in [0.29, 0.717) is 16.9 Å². The Hall–Kier alpha value is -6.39. The van der Waals surface area contributed by atoms with Gasteiger partial charge in [-0.25, -0.2) is 32.7 Å². The molecule has 0 spiro atoms. The summed E-state index contributed by atoms with van der Waals surface area (Å²) in [5.74, 6) is -2.16. The fourth-order valence-corrected chi connectivity index (χ4v) is 6.61. The monoisotopic (exact) mass is 739 g/mol.